The lowest BCUT2D eigenvalue weighted by molar-refractivity contribution is 0.255. The van der Waals surface area contributed by atoms with Crippen LogP contribution in [0, 0.1) is 0 Å². The molecule has 1 aliphatic rings. The molecular formula is C16H25BrN2O. The normalized spacial score (nSPS) is 21.6. The molecule has 4 heteroatoms. The first kappa shape index (κ1) is 15.8. The van der Waals surface area contributed by atoms with Gasteiger partial charge in [-0.3, -0.25) is 0 Å². The van der Waals surface area contributed by atoms with Crippen LogP contribution >= 0.6 is 15.9 Å². The summed E-state index contributed by atoms with van der Waals surface area (Å²) in [5.74, 6) is 0. The lowest BCUT2D eigenvalue weighted by Gasteiger charge is -2.31. The molecular weight excluding hydrogens is 316 g/mol. The van der Waals surface area contributed by atoms with E-state index in [-0.39, 0.29) is 12.6 Å². The van der Waals surface area contributed by atoms with Gasteiger partial charge in [-0.2, -0.15) is 0 Å². The van der Waals surface area contributed by atoms with Gasteiger partial charge < -0.3 is 15.3 Å². The number of hydrogen-bond donors (Lipinski definition) is 2. The van der Waals surface area contributed by atoms with Gasteiger partial charge in [0.2, 0.25) is 0 Å². The first-order chi connectivity index (χ1) is 9.67. The molecule has 1 aliphatic heterocycles. The van der Waals surface area contributed by atoms with Crippen LogP contribution in [0.1, 0.15) is 44.2 Å². The molecule has 0 amide bonds. The molecule has 1 heterocycles. The maximum Gasteiger partial charge on any atom is 0.0635 e. The third-order valence-corrected chi connectivity index (χ3v) is 4.99. The van der Waals surface area contributed by atoms with E-state index in [0.717, 1.165) is 17.4 Å². The topological polar surface area (TPSA) is 35.5 Å². The van der Waals surface area contributed by atoms with Crippen LogP contribution < -0.4 is 10.2 Å². The summed E-state index contributed by atoms with van der Waals surface area (Å²) in [4.78, 5) is 2.37. The highest BCUT2D eigenvalue weighted by molar-refractivity contribution is 9.10. The van der Waals surface area contributed by atoms with E-state index in [0.29, 0.717) is 6.04 Å². The molecule has 1 saturated heterocycles. The van der Waals surface area contributed by atoms with Gasteiger partial charge >= 0.3 is 0 Å². The number of halogens is 1. The van der Waals surface area contributed by atoms with E-state index >= 15 is 0 Å². The van der Waals surface area contributed by atoms with Crippen molar-refractivity contribution in [2.75, 3.05) is 25.1 Å². The minimum Gasteiger partial charge on any atom is -0.394 e. The zero-order valence-electron chi connectivity index (χ0n) is 12.4. The largest absolute Gasteiger partial charge is 0.394 e. The second-order valence-electron chi connectivity index (χ2n) is 5.60. The van der Waals surface area contributed by atoms with Crippen molar-refractivity contribution in [1.29, 1.82) is 0 Å². The van der Waals surface area contributed by atoms with E-state index in [1.54, 1.807) is 0 Å². The first-order valence-electron chi connectivity index (χ1n) is 7.51. The Morgan fingerprint density at radius 3 is 2.85 bits per heavy atom. The van der Waals surface area contributed by atoms with Gasteiger partial charge in [0.05, 0.1) is 12.6 Å². The third kappa shape index (κ3) is 3.54. The van der Waals surface area contributed by atoms with Crippen LogP contribution in [0.3, 0.4) is 0 Å². The molecule has 2 N–H and O–H groups in total. The molecule has 112 valence electrons. The molecule has 0 spiro atoms. The number of rotatable bonds is 4. The summed E-state index contributed by atoms with van der Waals surface area (Å²) in [6.07, 6.45) is 4.78. The van der Waals surface area contributed by atoms with Gasteiger partial charge in [-0.15, -0.1) is 0 Å². The molecule has 2 atom stereocenters. The van der Waals surface area contributed by atoms with Gasteiger partial charge in [0.25, 0.3) is 0 Å². The Balaban J connectivity index is 2.24. The van der Waals surface area contributed by atoms with Crippen LogP contribution in [0.4, 0.5) is 5.69 Å². The Kier molecular flexibility index (Phi) is 5.87. The molecule has 0 bridgehead atoms. The van der Waals surface area contributed by atoms with Crippen molar-refractivity contribution in [1.82, 2.24) is 5.32 Å². The monoisotopic (exact) mass is 340 g/mol. The molecule has 0 radical (unpaired) electrons. The van der Waals surface area contributed by atoms with Crippen molar-refractivity contribution >= 4 is 21.6 Å². The van der Waals surface area contributed by atoms with Gasteiger partial charge in [-0.1, -0.05) is 34.8 Å². The van der Waals surface area contributed by atoms with E-state index in [9.17, 15) is 5.11 Å². The Morgan fingerprint density at radius 1 is 1.40 bits per heavy atom. The first-order valence-corrected chi connectivity index (χ1v) is 8.31. The Hall–Kier alpha value is -0.580. The average Bonchev–Trinajstić information content (AvgIpc) is 2.71. The van der Waals surface area contributed by atoms with Gasteiger partial charge in [0.1, 0.15) is 0 Å². The fraction of sp³-hybridized carbons (Fsp3) is 0.625. The van der Waals surface area contributed by atoms with Gasteiger partial charge in [0.15, 0.2) is 0 Å². The number of aliphatic hydroxyl groups is 1. The van der Waals surface area contributed by atoms with Crippen LogP contribution in [0.2, 0.25) is 0 Å². The number of benzene rings is 1. The lowest BCUT2D eigenvalue weighted by Crippen LogP contribution is -2.37. The molecule has 20 heavy (non-hydrogen) atoms. The zero-order valence-corrected chi connectivity index (χ0v) is 14.0. The minimum atomic E-state index is 0.242. The van der Waals surface area contributed by atoms with Crippen LogP contribution in [0.15, 0.2) is 22.7 Å². The van der Waals surface area contributed by atoms with E-state index in [1.807, 2.05) is 7.05 Å². The van der Waals surface area contributed by atoms with E-state index < -0.39 is 0 Å². The molecule has 1 fully saturated rings. The van der Waals surface area contributed by atoms with Crippen molar-refractivity contribution in [2.45, 2.75) is 44.7 Å². The number of aliphatic hydroxyl groups excluding tert-OH is 1. The fourth-order valence-corrected chi connectivity index (χ4v) is 3.62. The molecule has 0 aromatic heterocycles. The summed E-state index contributed by atoms with van der Waals surface area (Å²) in [5.41, 5.74) is 2.48. The molecule has 3 nitrogen and oxygen atoms in total. The Labute approximate surface area is 130 Å². The second kappa shape index (κ2) is 7.43. The minimum absolute atomic E-state index is 0.242. The van der Waals surface area contributed by atoms with Gasteiger partial charge in [-0.25, -0.2) is 0 Å². The predicted octanol–water partition coefficient (Wildman–Crippen LogP) is 3.47. The molecule has 1 aromatic rings. The number of hydrogen-bond acceptors (Lipinski definition) is 3. The number of nitrogens with one attached hydrogen (secondary N) is 1. The zero-order chi connectivity index (χ0) is 14.5. The third-order valence-electron chi connectivity index (χ3n) is 4.30. The maximum atomic E-state index is 9.63. The van der Waals surface area contributed by atoms with E-state index in [1.165, 1.54) is 30.5 Å². The summed E-state index contributed by atoms with van der Waals surface area (Å²) >= 11 is 3.69. The smallest absolute Gasteiger partial charge is 0.0635 e. The van der Waals surface area contributed by atoms with Crippen LogP contribution in [-0.2, 0) is 0 Å². The fourth-order valence-electron chi connectivity index (χ4n) is 2.91. The predicted molar refractivity (Wildman–Crippen MR) is 88.3 cm³/mol. The lowest BCUT2D eigenvalue weighted by atomic mass is 10.1. The molecule has 2 unspecified atom stereocenters. The molecule has 1 aromatic carbocycles. The number of anilines is 1. The van der Waals surface area contributed by atoms with Crippen LogP contribution in [0.25, 0.3) is 0 Å². The van der Waals surface area contributed by atoms with E-state index in [4.69, 9.17) is 0 Å². The van der Waals surface area contributed by atoms with Gasteiger partial charge in [-0.05, 0) is 44.5 Å². The number of nitrogens with zero attached hydrogens (tertiary/aromatic N) is 1. The molecule has 2 rings (SSSR count). The SMILES string of the molecule is CNC(C)c1ccc(N2CCCCCC2CO)cc1Br. The standard InChI is InChI=1S/C16H25BrN2O/c1-12(18-2)15-8-7-13(10-16(15)17)19-9-5-3-4-6-14(19)11-20/h7-8,10,12,14,18,20H,3-6,9,11H2,1-2H3. The van der Waals surface area contributed by atoms with Crippen molar-refractivity contribution in [2.24, 2.45) is 0 Å². The van der Waals surface area contributed by atoms with Crippen molar-refractivity contribution < 1.29 is 5.11 Å². The maximum absolute atomic E-state index is 9.63. The van der Waals surface area contributed by atoms with Crippen molar-refractivity contribution in [3.8, 4) is 0 Å². The van der Waals surface area contributed by atoms with Crippen molar-refractivity contribution in [3.63, 3.8) is 0 Å². The highest BCUT2D eigenvalue weighted by Crippen LogP contribution is 2.31. The summed E-state index contributed by atoms with van der Waals surface area (Å²) in [7, 11) is 1.97. The summed E-state index contributed by atoms with van der Waals surface area (Å²) < 4.78 is 1.14. The highest BCUT2D eigenvalue weighted by atomic mass is 79.9. The van der Waals surface area contributed by atoms with Crippen molar-refractivity contribution in [3.05, 3.63) is 28.2 Å². The summed E-state index contributed by atoms with van der Waals surface area (Å²) in [5, 5.41) is 12.9. The quantitative estimate of drug-likeness (QED) is 0.880. The molecule has 0 saturated carbocycles. The Morgan fingerprint density at radius 2 is 2.20 bits per heavy atom. The van der Waals surface area contributed by atoms with Gasteiger partial charge in [0, 0.05) is 22.7 Å². The summed E-state index contributed by atoms with van der Waals surface area (Å²) in [6.45, 7) is 3.44. The second-order valence-corrected chi connectivity index (χ2v) is 6.45. The molecule has 0 aliphatic carbocycles. The van der Waals surface area contributed by atoms with Crippen LogP contribution in [-0.4, -0.2) is 31.3 Å². The van der Waals surface area contributed by atoms with Crippen LogP contribution in [0.5, 0.6) is 0 Å². The highest BCUT2D eigenvalue weighted by Gasteiger charge is 2.21. The Bertz CT molecular complexity index is 438. The van der Waals surface area contributed by atoms with E-state index in [2.05, 4.69) is 51.3 Å². The summed E-state index contributed by atoms with van der Waals surface area (Å²) in [6, 6.07) is 7.15. The average molecular weight is 341 g/mol.